The molecule has 0 aliphatic heterocycles. The molecule has 0 N–H and O–H groups in total. The molecule has 0 bridgehead atoms. The first-order valence-corrected chi connectivity index (χ1v) is 21.3. The van der Waals surface area contributed by atoms with Crippen LogP contribution in [-0.2, 0) is 0 Å². The van der Waals surface area contributed by atoms with Crippen LogP contribution in [0.15, 0.2) is 180 Å². The largest absolute Gasteiger partial charge is 0.460 e. The Kier molecular flexibility index (Phi) is 7.80. The number of rotatable bonds is 6. The van der Waals surface area contributed by atoms with Crippen molar-refractivity contribution in [3.05, 3.63) is 198 Å². The molecule has 0 saturated heterocycles. The number of hydrogen-bond acceptors (Lipinski definition) is 3. The van der Waals surface area contributed by atoms with Crippen LogP contribution in [-0.4, -0.2) is 10.6 Å². The maximum Gasteiger partial charge on any atom is 0.134 e. The third kappa shape index (κ3) is 5.32. The molecule has 2 atom stereocenters. The summed E-state index contributed by atoms with van der Waals surface area (Å²) >= 11 is 1.90. The first-order valence-electron chi connectivity index (χ1n) is 20.5. The van der Waals surface area contributed by atoms with Crippen molar-refractivity contribution in [2.45, 2.75) is 37.6 Å². The van der Waals surface area contributed by atoms with Crippen molar-refractivity contribution >= 4 is 93.0 Å². The summed E-state index contributed by atoms with van der Waals surface area (Å²) in [4.78, 5) is 2.60. The topological polar surface area (TPSA) is 21.3 Å². The molecule has 2 unspecified atom stereocenters. The van der Waals surface area contributed by atoms with Gasteiger partial charge in [-0.15, -0.1) is 11.3 Å². The summed E-state index contributed by atoms with van der Waals surface area (Å²) in [5.41, 5.74) is 12.2. The lowest BCUT2D eigenvalue weighted by Crippen LogP contribution is -2.30. The van der Waals surface area contributed by atoms with E-state index in [1.165, 1.54) is 86.7 Å². The van der Waals surface area contributed by atoms with Gasteiger partial charge in [0, 0.05) is 54.5 Å². The molecule has 3 aromatic heterocycles. The van der Waals surface area contributed by atoms with E-state index < -0.39 is 0 Å². The van der Waals surface area contributed by atoms with Gasteiger partial charge in [0.1, 0.15) is 11.3 Å². The molecule has 0 fully saturated rings. The fraction of sp³-hybridized carbons (Fsp3) is 0.111. The van der Waals surface area contributed by atoms with Crippen LogP contribution < -0.4 is 4.90 Å². The van der Waals surface area contributed by atoms with Crippen molar-refractivity contribution in [2.24, 2.45) is 0 Å². The van der Waals surface area contributed by atoms with Crippen LogP contribution in [0.25, 0.3) is 70.3 Å². The van der Waals surface area contributed by atoms with E-state index >= 15 is 0 Å². The van der Waals surface area contributed by atoms with Crippen LogP contribution >= 0.6 is 11.3 Å². The minimum Gasteiger partial charge on any atom is -0.460 e. The van der Waals surface area contributed by atoms with Crippen molar-refractivity contribution in [1.82, 2.24) is 4.57 Å². The number of allylic oxidation sites excluding steroid dienone is 7. The molecule has 4 heteroatoms. The second kappa shape index (κ2) is 13.5. The van der Waals surface area contributed by atoms with E-state index in [1.807, 2.05) is 11.3 Å². The van der Waals surface area contributed by atoms with E-state index in [0.717, 1.165) is 37.0 Å². The Balaban J connectivity index is 0.934. The van der Waals surface area contributed by atoms with Gasteiger partial charge in [0.15, 0.2) is 0 Å². The normalized spacial score (nSPS) is 17.7. The summed E-state index contributed by atoms with van der Waals surface area (Å²) in [6, 6.07) is 49.4. The Bertz CT molecular complexity index is 3250. The molecule has 3 aliphatic rings. The molecule has 0 radical (unpaired) electrons. The quantitative estimate of drug-likeness (QED) is 0.168. The van der Waals surface area contributed by atoms with Gasteiger partial charge in [0.25, 0.3) is 0 Å². The van der Waals surface area contributed by atoms with Crippen LogP contribution in [0.2, 0.25) is 0 Å². The molecule has 12 rings (SSSR count). The minimum atomic E-state index is 0.128. The van der Waals surface area contributed by atoms with Gasteiger partial charge in [0.05, 0.1) is 27.5 Å². The van der Waals surface area contributed by atoms with Gasteiger partial charge in [-0.05, 0) is 84.9 Å². The average molecular weight is 765 g/mol. The summed E-state index contributed by atoms with van der Waals surface area (Å²) in [5.74, 6) is 1.30. The zero-order valence-electron chi connectivity index (χ0n) is 32.0. The standard InChI is InChI=1S/C54H40N2OS/c1-2-12-38(13-3-1)56-48-20-7-4-14-42(48)43-33-32-40(34-50(43)56)55(49-21-11-19-47-45-16-6-9-23-52(45)58-54(47)49)39-30-28-36(29-31-39)35-24-26-37(27-25-35)41-17-10-18-46-44-15-5-8-22-51(44)57-53(41)46/h2,4-16,18-30,32-34,39,41H,1,3,17,31H2. The molecular formula is C54H40N2OS. The molecule has 58 heavy (non-hydrogen) atoms. The van der Waals surface area contributed by atoms with Gasteiger partial charge in [-0.2, -0.15) is 0 Å². The highest BCUT2D eigenvalue weighted by atomic mass is 32.1. The SMILES string of the molecule is C1=CC(n2c3ccccc3c3ccc(N(c4cccc5c4sc4ccccc45)C4C=CC(c5ccc(C6CC=Cc7c6oc6ccccc76)cc5)=CC4)cc32)=CCC1. The molecule has 3 heterocycles. The molecule has 278 valence electrons. The van der Waals surface area contributed by atoms with E-state index in [4.69, 9.17) is 4.42 Å². The molecule has 3 aliphatic carbocycles. The lowest BCUT2D eigenvalue weighted by atomic mass is 9.86. The second-order valence-electron chi connectivity index (χ2n) is 15.8. The number of furan rings is 1. The van der Waals surface area contributed by atoms with Gasteiger partial charge in [-0.1, -0.05) is 140 Å². The van der Waals surface area contributed by atoms with Gasteiger partial charge < -0.3 is 13.9 Å². The summed E-state index contributed by atoms with van der Waals surface area (Å²) < 4.78 is 11.6. The molecule has 0 spiro atoms. The Hall–Kier alpha value is -6.62. The molecule has 9 aromatic rings. The molecule has 6 aromatic carbocycles. The fourth-order valence-corrected chi connectivity index (χ4v) is 11.0. The van der Waals surface area contributed by atoms with Crippen molar-refractivity contribution < 1.29 is 4.42 Å². The summed E-state index contributed by atoms with van der Waals surface area (Å²) in [6.45, 7) is 0. The average Bonchev–Trinajstić information content (AvgIpc) is 3.97. The molecule has 0 amide bonds. The van der Waals surface area contributed by atoms with Crippen LogP contribution in [0, 0.1) is 0 Å². The highest BCUT2D eigenvalue weighted by Crippen LogP contribution is 2.46. The molecule has 0 saturated carbocycles. The van der Waals surface area contributed by atoms with Crippen molar-refractivity contribution in [3.63, 3.8) is 0 Å². The Morgan fingerprint density at radius 2 is 1.43 bits per heavy atom. The zero-order chi connectivity index (χ0) is 38.2. The predicted octanol–water partition coefficient (Wildman–Crippen LogP) is 15.2. The fourth-order valence-electron chi connectivity index (χ4n) is 9.74. The van der Waals surface area contributed by atoms with Gasteiger partial charge in [-0.3, -0.25) is 0 Å². The number of aromatic nitrogens is 1. The maximum atomic E-state index is 6.45. The highest BCUT2D eigenvalue weighted by Gasteiger charge is 2.27. The van der Waals surface area contributed by atoms with E-state index in [9.17, 15) is 0 Å². The van der Waals surface area contributed by atoms with Gasteiger partial charge in [0.2, 0.25) is 0 Å². The monoisotopic (exact) mass is 764 g/mol. The summed E-state index contributed by atoms with van der Waals surface area (Å²) in [7, 11) is 0. The van der Waals surface area contributed by atoms with E-state index in [0.29, 0.717) is 0 Å². The maximum absolute atomic E-state index is 6.45. The number of benzene rings is 6. The van der Waals surface area contributed by atoms with E-state index in [2.05, 4.69) is 192 Å². The van der Waals surface area contributed by atoms with E-state index in [-0.39, 0.29) is 12.0 Å². The van der Waals surface area contributed by atoms with Crippen LogP contribution in [0.1, 0.15) is 54.1 Å². The van der Waals surface area contributed by atoms with Crippen LogP contribution in [0.3, 0.4) is 0 Å². The first kappa shape index (κ1) is 33.5. The number of fused-ring (bicyclic) bond motifs is 9. The number of hydrogen-bond donors (Lipinski definition) is 0. The van der Waals surface area contributed by atoms with Crippen LogP contribution in [0.5, 0.6) is 0 Å². The smallest absolute Gasteiger partial charge is 0.134 e. The van der Waals surface area contributed by atoms with Crippen molar-refractivity contribution in [2.75, 3.05) is 4.90 Å². The van der Waals surface area contributed by atoms with Crippen LogP contribution in [0.4, 0.5) is 11.4 Å². The third-order valence-corrected chi connectivity index (χ3v) is 13.7. The second-order valence-corrected chi connectivity index (χ2v) is 16.8. The number of thiophene rings is 1. The third-order valence-electron chi connectivity index (χ3n) is 12.5. The molecular weight excluding hydrogens is 725 g/mol. The number of nitrogens with zero attached hydrogens (tertiary/aromatic N) is 2. The Labute approximate surface area is 341 Å². The number of para-hydroxylation sites is 2. The molecule has 3 nitrogen and oxygen atoms in total. The minimum absolute atomic E-state index is 0.128. The van der Waals surface area contributed by atoms with E-state index in [1.54, 1.807) is 0 Å². The lowest BCUT2D eigenvalue weighted by molar-refractivity contribution is 0.517. The lowest BCUT2D eigenvalue weighted by Gasteiger charge is -2.34. The van der Waals surface area contributed by atoms with Gasteiger partial charge in [-0.25, -0.2) is 0 Å². The summed E-state index contributed by atoms with van der Waals surface area (Å²) in [6.07, 6.45) is 22.7. The predicted molar refractivity (Wildman–Crippen MR) is 247 cm³/mol. The number of anilines is 2. The van der Waals surface area contributed by atoms with Gasteiger partial charge >= 0.3 is 0 Å². The highest BCUT2D eigenvalue weighted by molar-refractivity contribution is 7.26. The first-order chi connectivity index (χ1) is 28.8. The summed E-state index contributed by atoms with van der Waals surface area (Å²) in [5, 5.41) is 6.40. The van der Waals surface area contributed by atoms with Crippen molar-refractivity contribution in [1.29, 1.82) is 0 Å². The Morgan fingerprint density at radius 3 is 2.29 bits per heavy atom. The zero-order valence-corrected chi connectivity index (χ0v) is 32.8. The van der Waals surface area contributed by atoms with Crippen molar-refractivity contribution in [3.8, 4) is 0 Å². The Morgan fingerprint density at radius 1 is 0.621 bits per heavy atom.